The van der Waals surface area contributed by atoms with E-state index in [4.69, 9.17) is 0 Å². The van der Waals surface area contributed by atoms with Crippen LogP contribution in [-0.4, -0.2) is 27.2 Å². The number of aliphatic hydroxyl groups excluding tert-OH is 1. The Balaban J connectivity index is 2.14. The van der Waals surface area contributed by atoms with Gasteiger partial charge in [0, 0.05) is 12.4 Å². The van der Waals surface area contributed by atoms with Crippen LogP contribution in [0.15, 0.2) is 53.6 Å². The van der Waals surface area contributed by atoms with E-state index in [1.165, 1.54) is 17.0 Å². The Kier molecular flexibility index (Phi) is 4.49. The SMILES string of the molecule is CC(CO)(NC(=O)Cn1cccnc1=O)c1ccccc1. The van der Waals surface area contributed by atoms with Crippen LogP contribution < -0.4 is 11.0 Å². The first-order valence-corrected chi connectivity index (χ1v) is 6.54. The molecule has 2 N–H and O–H groups in total. The molecule has 0 bridgehead atoms. The van der Waals surface area contributed by atoms with Gasteiger partial charge in [0.15, 0.2) is 0 Å². The molecule has 0 aliphatic carbocycles. The monoisotopic (exact) mass is 287 g/mol. The Bertz CT molecular complexity index is 669. The number of benzene rings is 1. The molecule has 0 spiro atoms. The van der Waals surface area contributed by atoms with Gasteiger partial charge in [-0.25, -0.2) is 9.78 Å². The number of nitrogens with zero attached hydrogens (tertiary/aromatic N) is 2. The van der Waals surface area contributed by atoms with Crippen molar-refractivity contribution < 1.29 is 9.90 Å². The quantitative estimate of drug-likeness (QED) is 0.826. The third-order valence-corrected chi connectivity index (χ3v) is 3.24. The number of hydrogen-bond acceptors (Lipinski definition) is 4. The molecule has 1 aromatic carbocycles. The van der Waals surface area contributed by atoms with Gasteiger partial charge in [-0.1, -0.05) is 30.3 Å². The highest BCUT2D eigenvalue weighted by Gasteiger charge is 2.27. The first-order chi connectivity index (χ1) is 10.0. The smallest absolute Gasteiger partial charge is 0.347 e. The molecule has 1 amide bonds. The van der Waals surface area contributed by atoms with E-state index < -0.39 is 11.2 Å². The third-order valence-electron chi connectivity index (χ3n) is 3.24. The molecule has 2 rings (SSSR count). The van der Waals surface area contributed by atoms with Crippen molar-refractivity contribution in [2.75, 3.05) is 6.61 Å². The number of aromatic nitrogens is 2. The van der Waals surface area contributed by atoms with Gasteiger partial charge in [0.1, 0.15) is 6.54 Å². The van der Waals surface area contributed by atoms with Gasteiger partial charge in [0.2, 0.25) is 5.91 Å². The predicted octanol–water partition coefficient (Wildman–Crippen LogP) is 0.267. The summed E-state index contributed by atoms with van der Waals surface area (Å²) in [6.45, 7) is 1.34. The second kappa shape index (κ2) is 6.32. The zero-order chi connectivity index (χ0) is 15.3. The van der Waals surface area contributed by atoms with Crippen molar-refractivity contribution in [1.82, 2.24) is 14.9 Å². The summed E-state index contributed by atoms with van der Waals surface area (Å²) in [4.78, 5) is 27.2. The average molecular weight is 287 g/mol. The summed E-state index contributed by atoms with van der Waals surface area (Å²) in [7, 11) is 0. The molecule has 0 radical (unpaired) electrons. The lowest BCUT2D eigenvalue weighted by Crippen LogP contribution is -2.48. The Morgan fingerprint density at radius 3 is 2.67 bits per heavy atom. The lowest BCUT2D eigenvalue weighted by atomic mass is 9.93. The van der Waals surface area contributed by atoms with E-state index in [-0.39, 0.29) is 19.1 Å². The summed E-state index contributed by atoms with van der Waals surface area (Å²) in [6, 6.07) is 10.8. The summed E-state index contributed by atoms with van der Waals surface area (Å²) < 4.78 is 1.21. The number of nitrogens with one attached hydrogen (secondary N) is 1. The molecule has 110 valence electrons. The van der Waals surface area contributed by atoms with E-state index in [0.717, 1.165) is 5.56 Å². The number of rotatable bonds is 5. The number of amides is 1. The van der Waals surface area contributed by atoms with Gasteiger partial charge in [-0.2, -0.15) is 0 Å². The van der Waals surface area contributed by atoms with Crippen molar-refractivity contribution in [3.63, 3.8) is 0 Å². The van der Waals surface area contributed by atoms with Crippen molar-refractivity contribution in [3.05, 3.63) is 64.8 Å². The highest BCUT2D eigenvalue weighted by Crippen LogP contribution is 2.19. The van der Waals surface area contributed by atoms with Crippen LogP contribution in [0, 0.1) is 0 Å². The van der Waals surface area contributed by atoms with Crippen LogP contribution in [0.5, 0.6) is 0 Å². The van der Waals surface area contributed by atoms with E-state index in [9.17, 15) is 14.7 Å². The molecule has 0 fully saturated rings. The van der Waals surface area contributed by atoms with Crippen molar-refractivity contribution in [1.29, 1.82) is 0 Å². The number of carbonyl (C=O) groups excluding carboxylic acids is 1. The number of hydrogen-bond donors (Lipinski definition) is 2. The van der Waals surface area contributed by atoms with Gasteiger partial charge in [-0.05, 0) is 18.6 Å². The summed E-state index contributed by atoms with van der Waals surface area (Å²) >= 11 is 0. The van der Waals surface area contributed by atoms with Crippen LogP contribution >= 0.6 is 0 Å². The minimum atomic E-state index is -0.899. The van der Waals surface area contributed by atoms with Crippen molar-refractivity contribution in [3.8, 4) is 0 Å². The maximum atomic E-state index is 12.1. The van der Waals surface area contributed by atoms with Crippen LogP contribution in [0.1, 0.15) is 12.5 Å². The first kappa shape index (κ1) is 14.9. The molecule has 21 heavy (non-hydrogen) atoms. The molecule has 0 aliphatic rings. The minimum absolute atomic E-state index is 0.144. The van der Waals surface area contributed by atoms with Crippen molar-refractivity contribution >= 4 is 5.91 Å². The highest BCUT2D eigenvalue weighted by molar-refractivity contribution is 5.76. The van der Waals surface area contributed by atoms with E-state index in [0.29, 0.717) is 0 Å². The predicted molar refractivity (Wildman–Crippen MR) is 77.5 cm³/mol. The topological polar surface area (TPSA) is 84.2 Å². The lowest BCUT2D eigenvalue weighted by molar-refractivity contribution is -0.124. The van der Waals surface area contributed by atoms with E-state index in [1.807, 2.05) is 30.3 Å². The largest absolute Gasteiger partial charge is 0.394 e. The van der Waals surface area contributed by atoms with Crippen LogP contribution in [0.25, 0.3) is 0 Å². The van der Waals surface area contributed by atoms with Gasteiger partial charge in [0.05, 0.1) is 12.1 Å². The van der Waals surface area contributed by atoms with E-state index in [2.05, 4.69) is 10.3 Å². The summed E-state index contributed by atoms with van der Waals surface area (Å²) in [5.74, 6) is -0.370. The normalized spacial score (nSPS) is 13.4. The Morgan fingerprint density at radius 1 is 1.33 bits per heavy atom. The molecule has 0 saturated heterocycles. The van der Waals surface area contributed by atoms with Crippen LogP contribution in [0.4, 0.5) is 0 Å². The standard InChI is InChI=1S/C15H17N3O3/c1-15(11-19,12-6-3-2-4-7-12)17-13(20)10-18-9-5-8-16-14(18)21/h2-9,19H,10-11H2,1H3,(H,17,20). The molecule has 0 saturated carbocycles. The van der Waals surface area contributed by atoms with Crippen LogP contribution in [-0.2, 0) is 16.9 Å². The fourth-order valence-corrected chi connectivity index (χ4v) is 2.02. The fourth-order valence-electron chi connectivity index (χ4n) is 2.02. The molecule has 0 aliphatic heterocycles. The molecule has 1 heterocycles. The second-order valence-corrected chi connectivity index (χ2v) is 4.93. The number of aliphatic hydroxyl groups is 1. The molecular formula is C15H17N3O3. The first-order valence-electron chi connectivity index (χ1n) is 6.54. The molecule has 1 unspecified atom stereocenters. The Labute approximate surface area is 122 Å². The fraction of sp³-hybridized carbons (Fsp3) is 0.267. The molecule has 6 heteroatoms. The van der Waals surface area contributed by atoms with E-state index in [1.54, 1.807) is 13.0 Å². The average Bonchev–Trinajstić information content (AvgIpc) is 2.50. The zero-order valence-electron chi connectivity index (χ0n) is 11.7. The Hall–Kier alpha value is -2.47. The maximum Gasteiger partial charge on any atom is 0.347 e. The van der Waals surface area contributed by atoms with Crippen LogP contribution in [0.3, 0.4) is 0 Å². The number of carbonyl (C=O) groups is 1. The minimum Gasteiger partial charge on any atom is -0.394 e. The molecule has 1 atom stereocenters. The Morgan fingerprint density at radius 2 is 2.05 bits per heavy atom. The van der Waals surface area contributed by atoms with Gasteiger partial charge in [-0.3, -0.25) is 9.36 Å². The van der Waals surface area contributed by atoms with Gasteiger partial charge in [-0.15, -0.1) is 0 Å². The van der Waals surface area contributed by atoms with Gasteiger partial charge < -0.3 is 10.4 Å². The zero-order valence-corrected chi connectivity index (χ0v) is 11.7. The summed E-state index contributed by atoms with van der Waals surface area (Å²) in [5.41, 5.74) is -0.595. The van der Waals surface area contributed by atoms with Gasteiger partial charge >= 0.3 is 5.69 Å². The van der Waals surface area contributed by atoms with E-state index >= 15 is 0 Å². The maximum absolute atomic E-state index is 12.1. The van der Waals surface area contributed by atoms with Gasteiger partial charge in [0.25, 0.3) is 0 Å². The molecule has 2 aromatic rings. The third kappa shape index (κ3) is 3.55. The molecular weight excluding hydrogens is 270 g/mol. The molecule has 6 nitrogen and oxygen atoms in total. The van der Waals surface area contributed by atoms with Crippen molar-refractivity contribution in [2.45, 2.75) is 19.0 Å². The van der Waals surface area contributed by atoms with Crippen molar-refractivity contribution in [2.24, 2.45) is 0 Å². The summed E-state index contributed by atoms with van der Waals surface area (Å²) in [5, 5.41) is 12.4. The summed E-state index contributed by atoms with van der Waals surface area (Å²) in [6.07, 6.45) is 2.87. The molecule has 1 aromatic heterocycles. The lowest BCUT2D eigenvalue weighted by Gasteiger charge is -2.29. The highest BCUT2D eigenvalue weighted by atomic mass is 16.3. The second-order valence-electron chi connectivity index (χ2n) is 4.93. The van der Waals surface area contributed by atoms with Crippen LogP contribution in [0.2, 0.25) is 0 Å².